The van der Waals surface area contributed by atoms with Crippen molar-refractivity contribution in [2.24, 2.45) is 0 Å². The van der Waals surface area contributed by atoms with Crippen LogP contribution in [0.4, 0.5) is 0 Å². The van der Waals surface area contributed by atoms with E-state index in [9.17, 15) is 5.26 Å². The molecule has 0 spiro atoms. The molecule has 2 heterocycles. The molecule has 0 atom stereocenters. The van der Waals surface area contributed by atoms with Crippen molar-refractivity contribution in [1.29, 1.82) is 5.26 Å². The molecule has 0 saturated heterocycles. The summed E-state index contributed by atoms with van der Waals surface area (Å²) in [7, 11) is 0. The summed E-state index contributed by atoms with van der Waals surface area (Å²) >= 11 is 7.65. The molecule has 0 unspecified atom stereocenters. The lowest BCUT2D eigenvalue weighted by molar-refractivity contribution is 0.626. The van der Waals surface area contributed by atoms with Crippen LogP contribution in [-0.4, -0.2) is 20.6 Å². The first kappa shape index (κ1) is 18.7. The minimum atomic E-state index is 0.149. The lowest BCUT2D eigenvalue weighted by Crippen LogP contribution is -2.13. The number of hydrogen-bond acceptors (Lipinski definition) is 5. The van der Waals surface area contributed by atoms with Crippen LogP contribution in [0.1, 0.15) is 39.3 Å². The molecule has 1 aromatic carbocycles. The highest BCUT2D eigenvalue weighted by molar-refractivity contribution is 7.97. The Morgan fingerprint density at radius 3 is 2.46 bits per heavy atom. The summed E-state index contributed by atoms with van der Waals surface area (Å²) in [6.45, 7) is 8.31. The largest absolute Gasteiger partial charge is 0.334 e. The fourth-order valence-corrected chi connectivity index (χ4v) is 3.59. The van der Waals surface area contributed by atoms with E-state index in [1.807, 2.05) is 18.2 Å². The van der Waals surface area contributed by atoms with E-state index < -0.39 is 0 Å². The molecular formula is C19H20ClN5S. The molecule has 7 heteroatoms. The quantitative estimate of drug-likeness (QED) is 0.610. The Bertz CT molecular complexity index is 970. The molecule has 0 aliphatic heterocycles. The maximum Gasteiger partial charge on any atom is 0.177 e. The summed E-state index contributed by atoms with van der Waals surface area (Å²) < 4.78 is 5.36. The first-order chi connectivity index (χ1) is 12.4. The van der Waals surface area contributed by atoms with Gasteiger partial charge in [-0.3, -0.25) is 4.72 Å². The van der Waals surface area contributed by atoms with E-state index in [4.69, 9.17) is 11.6 Å². The zero-order chi connectivity index (χ0) is 18.8. The van der Waals surface area contributed by atoms with Crippen molar-refractivity contribution >= 4 is 34.5 Å². The van der Waals surface area contributed by atoms with Crippen molar-refractivity contribution < 1.29 is 0 Å². The van der Waals surface area contributed by atoms with Crippen LogP contribution in [0.15, 0.2) is 35.5 Å². The molecule has 0 radical (unpaired) electrons. The normalized spacial score (nSPS) is 11.5. The van der Waals surface area contributed by atoms with Crippen molar-refractivity contribution in [3.63, 3.8) is 0 Å². The van der Waals surface area contributed by atoms with Crippen LogP contribution < -0.4 is 4.72 Å². The molecule has 0 fully saturated rings. The van der Waals surface area contributed by atoms with Gasteiger partial charge in [-0.15, -0.1) is 0 Å². The van der Waals surface area contributed by atoms with Gasteiger partial charge in [0.25, 0.3) is 0 Å². The molecular weight excluding hydrogens is 366 g/mol. The zero-order valence-electron chi connectivity index (χ0n) is 15.1. The number of fused-ring (bicyclic) bond motifs is 1. The number of nitrogens with zero attached hydrogens (tertiary/aromatic N) is 4. The van der Waals surface area contributed by atoms with Crippen LogP contribution in [0.5, 0.6) is 0 Å². The van der Waals surface area contributed by atoms with E-state index in [1.54, 1.807) is 12.4 Å². The van der Waals surface area contributed by atoms with Gasteiger partial charge in [-0.2, -0.15) is 5.26 Å². The second-order valence-electron chi connectivity index (χ2n) is 6.58. The zero-order valence-corrected chi connectivity index (χ0v) is 16.7. The Morgan fingerprint density at radius 2 is 1.88 bits per heavy atom. The second kappa shape index (κ2) is 7.67. The SMILES string of the molecule is CC(C)NSc1cnc(-c2c(C#N)c3cc(Cl)ccc3n2C(C)C)nc1. The van der Waals surface area contributed by atoms with Crippen LogP contribution in [0.2, 0.25) is 5.02 Å². The number of benzene rings is 1. The molecule has 0 amide bonds. The highest BCUT2D eigenvalue weighted by atomic mass is 35.5. The predicted octanol–water partition coefficient (Wildman–Crippen LogP) is 5.21. The van der Waals surface area contributed by atoms with Gasteiger partial charge in [-0.25, -0.2) is 9.97 Å². The monoisotopic (exact) mass is 385 g/mol. The highest BCUT2D eigenvalue weighted by Crippen LogP contribution is 2.35. The second-order valence-corrected chi connectivity index (χ2v) is 7.93. The summed E-state index contributed by atoms with van der Waals surface area (Å²) in [5, 5.41) is 11.2. The average Bonchev–Trinajstić information content (AvgIpc) is 2.93. The summed E-state index contributed by atoms with van der Waals surface area (Å²) in [5.41, 5.74) is 2.24. The van der Waals surface area contributed by atoms with Crippen LogP contribution >= 0.6 is 23.5 Å². The molecule has 0 aliphatic carbocycles. The first-order valence-corrected chi connectivity index (χ1v) is 9.60. The molecule has 2 aromatic heterocycles. The van der Waals surface area contributed by atoms with E-state index in [-0.39, 0.29) is 6.04 Å². The number of rotatable bonds is 5. The number of nitriles is 1. The topological polar surface area (TPSA) is 66.5 Å². The van der Waals surface area contributed by atoms with Crippen molar-refractivity contribution in [2.75, 3.05) is 0 Å². The molecule has 0 aliphatic rings. The fourth-order valence-electron chi connectivity index (χ4n) is 2.83. The Hall–Kier alpha value is -2.07. The lowest BCUT2D eigenvalue weighted by Gasteiger charge is -2.14. The number of nitrogens with one attached hydrogen (secondary N) is 1. The number of aromatic nitrogens is 3. The molecule has 3 aromatic rings. The summed E-state index contributed by atoms with van der Waals surface area (Å²) in [4.78, 5) is 9.97. The molecule has 3 rings (SSSR count). The third-order valence-electron chi connectivity index (χ3n) is 3.85. The standard InChI is InChI=1S/C19H20ClN5S/c1-11(2)24-26-14-9-22-19(23-10-14)18-16(8-21)15-7-13(20)5-6-17(15)25(18)12(3)4/h5-7,9-12,24H,1-4H3. The molecule has 5 nitrogen and oxygen atoms in total. The molecule has 134 valence electrons. The van der Waals surface area contributed by atoms with Gasteiger partial charge in [0.15, 0.2) is 5.82 Å². The van der Waals surface area contributed by atoms with Crippen LogP contribution in [0.3, 0.4) is 0 Å². The van der Waals surface area contributed by atoms with Crippen molar-refractivity contribution in [2.45, 2.75) is 44.7 Å². The summed E-state index contributed by atoms with van der Waals surface area (Å²) in [5.74, 6) is 0.538. The molecule has 1 N–H and O–H groups in total. The van der Waals surface area contributed by atoms with Crippen LogP contribution in [0.25, 0.3) is 22.4 Å². The van der Waals surface area contributed by atoms with Gasteiger partial charge < -0.3 is 4.57 Å². The summed E-state index contributed by atoms with van der Waals surface area (Å²) in [6.07, 6.45) is 3.55. The van der Waals surface area contributed by atoms with E-state index in [0.717, 1.165) is 21.5 Å². The van der Waals surface area contributed by atoms with Gasteiger partial charge in [0.1, 0.15) is 11.8 Å². The lowest BCUT2D eigenvalue weighted by atomic mass is 10.1. The maximum atomic E-state index is 9.79. The van der Waals surface area contributed by atoms with Crippen molar-refractivity contribution in [1.82, 2.24) is 19.3 Å². The number of halogens is 1. The van der Waals surface area contributed by atoms with Crippen molar-refractivity contribution in [3.8, 4) is 17.6 Å². The highest BCUT2D eigenvalue weighted by Gasteiger charge is 2.22. The van der Waals surface area contributed by atoms with E-state index >= 15 is 0 Å². The minimum Gasteiger partial charge on any atom is -0.334 e. The van der Waals surface area contributed by atoms with Gasteiger partial charge in [-0.05, 0) is 57.8 Å². The van der Waals surface area contributed by atoms with E-state index in [1.165, 1.54) is 11.9 Å². The Labute approximate surface area is 162 Å². The molecule has 26 heavy (non-hydrogen) atoms. The summed E-state index contributed by atoms with van der Waals surface area (Å²) in [6, 6.07) is 8.44. The van der Waals surface area contributed by atoms with Gasteiger partial charge in [-0.1, -0.05) is 11.6 Å². The fraction of sp³-hybridized carbons (Fsp3) is 0.316. The van der Waals surface area contributed by atoms with Crippen LogP contribution in [0, 0.1) is 11.3 Å². The Morgan fingerprint density at radius 1 is 1.19 bits per heavy atom. The maximum absolute atomic E-state index is 9.79. The average molecular weight is 386 g/mol. The third kappa shape index (κ3) is 3.56. The smallest absolute Gasteiger partial charge is 0.177 e. The van der Waals surface area contributed by atoms with Gasteiger partial charge in [0.05, 0.1) is 16.0 Å². The predicted molar refractivity (Wildman–Crippen MR) is 107 cm³/mol. The van der Waals surface area contributed by atoms with E-state index in [2.05, 4.69) is 53.0 Å². The third-order valence-corrected chi connectivity index (χ3v) is 5.12. The van der Waals surface area contributed by atoms with Crippen LogP contribution in [-0.2, 0) is 0 Å². The van der Waals surface area contributed by atoms with Crippen molar-refractivity contribution in [3.05, 3.63) is 41.2 Å². The van der Waals surface area contributed by atoms with Gasteiger partial charge in [0.2, 0.25) is 0 Å². The molecule has 0 bridgehead atoms. The molecule has 0 saturated carbocycles. The van der Waals surface area contributed by atoms with E-state index in [0.29, 0.717) is 22.5 Å². The number of hydrogen-bond donors (Lipinski definition) is 1. The Kier molecular flexibility index (Phi) is 5.52. The first-order valence-electron chi connectivity index (χ1n) is 8.40. The van der Waals surface area contributed by atoms with Gasteiger partial charge in [0, 0.05) is 34.9 Å². The van der Waals surface area contributed by atoms with Gasteiger partial charge >= 0.3 is 0 Å². The Balaban J connectivity index is 2.15. The minimum absolute atomic E-state index is 0.149.